The van der Waals surface area contributed by atoms with Crippen LogP contribution in [0.1, 0.15) is 38.5 Å². The zero-order valence-corrected chi connectivity index (χ0v) is 20.6. The van der Waals surface area contributed by atoms with Gasteiger partial charge in [-0.15, -0.1) is 0 Å². The number of benzene rings is 1. The van der Waals surface area contributed by atoms with E-state index in [1.165, 1.54) is 8.61 Å². The van der Waals surface area contributed by atoms with Crippen LogP contribution in [0.2, 0.25) is 10.0 Å². The van der Waals surface area contributed by atoms with Crippen molar-refractivity contribution in [2.24, 2.45) is 28.9 Å². The number of primary amides is 1. The predicted octanol–water partition coefficient (Wildman–Crippen LogP) is 3.88. The highest BCUT2D eigenvalue weighted by molar-refractivity contribution is 8.23. The number of anilines is 1. The molecule has 5 N–H and O–H groups in total. The van der Waals surface area contributed by atoms with Gasteiger partial charge < -0.3 is 11.1 Å². The third kappa shape index (κ3) is 4.10. The molecule has 182 valence electrons. The van der Waals surface area contributed by atoms with Gasteiger partial charge in [0.1, 0.15) is 0 Å². The molecular weight excluding hydrogens is 487 g/mol. The number of hydrogen-bond donors (Lipinski definition) is 4. The first kappa shape index (κ1) is 23.5. The number of hydrogen-bond acceptors (Lipinski definition) is 6. The Morgan fingerprint density at radius 3 is 2.45 bits per heavy atom. The van der Waals surface area contributed by atoms with Crippen molar-refractivity contribution in [3.05, 3.63) is 28.2 Å². The smallest absolute Gasteiger partial charge is 0.236 e. The van der Waals surface area contributed by atoms with Crippen LogP contribution < -0.4 is 15.4 Å². The van der Waals surface area contributed by atoms with E-state index in [4.69, 9.17) is 28.9 Å². The van der Waals surface area contributed by atoms with Crippen LogP contribution in [-0.4, -0.2) is 50.9 Å². The molecule has 4 aliphatic carbocycles. The average molecular weight is 517 g/mol. The van der Waals surface area contributed by atoms with E-state index in [0.29, 0.717) is 41.2 Å². The fourth-order valence-electron chi connectivity index (χ4n) is 6.80. The van der Waals surface area contributed by atoms with Crippen molar-refractivity contribution in [1.29, 1.82) is 0 Å². The van der Waals surface area contributed by atoms with Crippen molar-refractivity contribution in [2.45, 2.75) is 44.6 Å². The summed E-state index contributed by atoms with van der Waals surface area (Å²) in [6.07, 6.45) is 5.06. The molecule has 2 atom stereocenters. The Balaban J connectivity index is 1.26. The van der Waals surface area contributed by atoms with Gasteiger partial charge in [-0.1, -0.05) is 34.2 Å². The highest BCUT2D eigenvalue weighted by atomic mass is 35.5. The molecule has 4 saturated carbocycles. The summed E-state index contributed by atoms with van der Waals surface area (Å²) in [7, 11) is -3.38. The summed E-state index contributed by atoms with van der Waals surface area (Å²) < 4.78 is 25.0. The van der Waals surface area contributed by atoms with E-state index in [-0.39, 0.29) is 36.2 Å². The van der Waals surface area contributed by atoms with Crippen LogP contribution in [0.4, 0.5) is 5.69 Å². The summed E-state index contributed by atoms with van der Waals surface area (Å²) in [5, 5.41) is 3.89. The second-order valence-electron chi connectivity index (χ2n) is 10.1. The van der Waals surface area contributed by atoms with Gasteiger partial charge in [-0.05, 0) is 74.5 Å². The molecule has 2 amide bonds. The second kappa shape index (κ2) is 8.46. The minimum atomic E-state index is -3.38. The highest BCUT2D eigenvalue weighted by Gasteiger charge is 2.58. The molecule has 1 aromatic carbocycles. The third-order valence-corrected chi connectivity index (χ3v) is 10.8. The molecule has 6 rings (SSSR count). The standard InChI is InChI=1S/C22H30Cl2N4O4S/c23-17-3-2-16(8-18(17)24)28-5-1-4-27(33(28,31)32)12-19(29)26-20-14-6-13-7-15(20)11-22(9-13,10-14)21(25)30/h2-3,8,13-15,20,31-32H,1,4-7,9-12H2,(H2,25,30)(H,26,29). The molecule has 0 radical (unpaired) electrons. The zero-order chi connectivity index (χ0) is 23.5. The molecule has 0 spiro atoms. The lowest BCUT2D eigenvalue weighted by Crippen LogP contribution is -2.62. The van der Waals surface area contributed by atoms with Crippen LogP contribution in [0.3, 0.4) is 0 Å². The van der Waals surface area contributed by atoms with Crippen LogP contribution in [0.25, 0.3) is 0 Å². The van der Waals surface area contributed by atoms with Gasteiger partial charge in [0.2, 0.25) is 11.8 Å². The van der Waals surface area contributed by atoms with Gasteiger partial charge in [0, 0.05) is 24.5 Å². The normalized spacial score (nSPS) is 35.9. The van der Waals surface area contributed by atoms with Gasteiger partial charge >= 0.3 is 0 Å². The zero-order valence-electron chi connectivity index (χ0n) is 18.3. The van der Waals surface area contributed by atoms with Gasteiger partial charge in [-0.25, -0.2) is 0 Å². The monoisotopic (exact) mass is 516 g/mol. The Labute approximate surface area is 205 Å². The van der Waals surface area contributed by atoms with Gasteiger partial charge in [0.25, 0.3) is 0 Å². The van der Waals surface area contributed by atoms with Crippen molar-refractivity contribution < 1.29 is 18.7 Å². The van der Waals surface area contributed by atoms with Crippen LogP contribution in [0.5, 0.6) is 0 Å². The first-order valence-corrected chi connectivity index (χ1v) is 13.7. The molecule has 11 heteroatoms. The number of halogens is 2. The van der Waals surface area contributed by atoms with Gasteiger partial charge in [-0.2, -0.15) is 4.31 Å². The number of rotatable bonds is 5. The van der Waals surface area contributed by atoms with Gasteiger partial charge in [0.05, 0.1) is 22.3 Å². The van der Waals surface area contributed by atoms with Crippen molar-refractivity contribution in [2.75, 3.05) is 23.9 Å². The van der Waals surface area contributed by atoms with E-state index in [0.717, 1.165) is 32.1 Å². The SMILES string of the molecule is NC(=O)C12CC3CC(C1)C(NC(=O)CN1CCCN(c4ccc(Cl)c(Cl)c4)S1(O)O)C(C3)C2. The lowest BCUT2D eigenvalue weighted by Gasteiger charge is -2.59. The molecule has 1 heterocycles. The fraction of sp³-hybridized carbons (Fsp3) is 0.636. The summed E-state index contributed by atoms with van der Waals surface area (Å²) >= 11 is 12.1. The lowest BCUT2D eigenvalue weighted by atomic mass is 9.47. The van der Waals surface area contributed by atoms with E-state index < -0.39 is 16.4 Å². The summed E-state index contributed by atoms with van der Waals surface area (Å²) in [6, 6.07) is 4.92. The molecule has 1 aliphatic heterocycles. The Kier molecular flexibility index (Phi) is 6.03. The first-order valence-electron chi connectivity index (χ1n) is 11.4. The number of carbonyl (C=O) groups is 2. The Hall–Kier alpha value is -1.23. The average Bonchev–Trinajstić information content (AvgIpc) is 2.73. The fourth-order valence-corrected chi connectivity index (χ4v) is 8.81. The second-order valence-corrected chi connectivity index (χ2v) is 12.9. The molecule has 5 fully saturated rings. The highest BCUT2D eigenvalue weighted by Crippen LogP contribution is 2.60. The van der Waals surface area contributed by atoms with E-state index in [2.05, 4.69) is 5.32 Å². The molecule has 1 aromatic rings. The Morgan fingerprint density at radius 2 is 1.82 bits per heavy atom. The van der Waals surface area contributed by atoms with Crippen LogP contribution >= 0.6 is 34.2 Å². The molecule has 4 bridgehead atoms. The molecule has 8 nitrogen and oxygen atoms in total. The van der Waals surface area contributed by atoms with Crippen LogP contribution in [0, 0.1) is 23.2 Å². The third-order valence-electron chi connectivity index (χ3n) is 8.05. The minimum Gasteiger partial charge on any atom is -0.369 e. The molecule has 2 unspecified atom stereocenters. The summed E-state index contributed by atoms with van der Waals surface area (Å²) in [5.74, 6) is 0.592. The van der Waals surface area contributed by atoms with E-state index in [1.54, 1.807) is 18.2 Å². The Bertz CT molecular complexity index is 964. The van der Waals surface area contributed by atoms with Crippen molar-refractivity contribution >= 4 is 51.7 Å². The molecule has 1 saturated heterocycles. The maximum absolute atomic E-state index is 13.0. The van der Waals surface area contributed by atoms with Crippen molar-refractivity contribution in [1.82, 2.24) is 9.62 Å². The first-order chi connectivity index (χ1) is 15.6. The minimum absolute atomic E-state index is 0.0132. The summed E-state index contributed by atoms with van der Waals surface area (Å²) in [5.41, 5.74) is 5.91. The number of nitrogens with one attached hydrogen (secondary N) is 1. The van der Waals surface area contributed by atoms with E-state index in [9.17, 15) is 18.7 Å². The van der Waals surface area contributed by atoms with E-state index >= 15 is 0 Å². The Morgan fingerprint density at radius 1 is 1.12 bits per heavy atom. The predicted molar refractivity (Wildman–Crippen MR) is 130 cm³/mol. The summed E-state index contributed by atoms with van der Waals surface area (Å²) in [6.45, 7) is 0.722. The number of carbonyl (C=O) groups excluding carboxylic acids is 2. The molecular formula is C22H30Cl2N4O4S. The molecule has 0 aromatic heterocycles. The van der Waals surface area contributed by atoms with Gasteiger partial charge in [0.15, 0.2) is 0 Å². The maximum atomic E-state index is 13.0. The van der Waals surface area contributed by atoms with Crippen molar-refractivity contribution in [3.8, 4) is 0 Å². The number of nitrogens with zero attached hydrogens (tertiary/aromatic N) is 2. The topological polar surface area (TPSA) is 119 Å². The van der Waals surface area contributed by atoms with Crippen LogP contribution in [0.15, 0.2) is 18.2 Å². The van der Waals surface area contributed by atoms with E-state index in [1.807, 2.05) is 0 Å². The largest absolute Gasteiger partial charge is 0.369 e. The van der Waals surface area contributed by atoms with Crippen LogP contribution in [-0.2, 0) is 9.59 Å². The number of nitrogens with two attached hydrogens (primary N) is 1. The number of amides is 2. The maximum Gasteiger partial charge on any atom is 0.236 e. The molecule has 33 heavy (non-hydrogen) atoms. The van der Waals surface area contributed by atoms with Gasteiger partial charge in [-0.3, -0.25) is 23.0 Å². The quantitative estimate of drug-likeness (QED) is 0.471. The van der Waals surface area contributed by atoms with Crippen molar-refractivity contribution in [3.63, 3.8) is 0 Å². The lowest BCUT2D eigenvalue weighted by molar-refractivity contribution is -0.147. The molecule has 5 aliphatic rings. The summed E-state index contributed by atoms with van der Waals surface area (Å²) in [4.78, 5) is 25.2.